The number of nitrogens with one attached hydrogen (secondary N) is 1. The van der Waals surface area contributed by atoms with Gasteiger partial charge in [0.25, 0.3) is 5.91 Å². The third-order valence-electron chi connectivity index (χ3n) is 2.46. The first-order chi connectivity index (χ1) is 7.69. The van der Waals surface area contributed by atoms with E-state index in [4.69, 9.17) is 0 Å². The number of rotatable bonds is 5. The van der Waals surface area contributed by atoms with Crippen LogP contribution in [0.3, 0.4) is 0 Å². The van der Waals surface area contributed by atoms with Gasteiger partial charge in [-0.1, -0.05) is 13.3 Å². The molecule has 4 nitrogen and oxygen atoms in total. The monoisotopic (exact) mass is 221 g/mol. The minimum Gasteiger partial charge on any atom is -0.373 e. The van der Waals surface area contributed by atoms with Gasteiger partial charge in [-0.05, 0) is 18.6 Å². The number of anilines is 1. The van der Waals surface area contributed by atoms with Crippen LogP contribution >= 0.6 is 0 Å². The fraction of sp³-hybridized carbons (Fsp3) is 0.500. The molecular weight excluding hydrogens is 202 g/mol. The van der Waals surface area contributed by atoms with Crippen LogP contribution in [0.15, 0.2) is 18.3 Å². The van der Waals surface area contributed by atoms with Gasteiger partial charge in [0.2, 0.25) is 0 Å². The lowest BCUT2D eigenvalue weighted by Crippen LogP contribution is -2.27. The van der Waals surface area contributed by atoms with E-state index < -0.39 is 0 Å². The molecule has 0 radical (unpaired) electrons. The van der Waals surface area contributed by atoms with Crippen molar-refractivity contribution in [3.8, 4) is 0 Å². The zero-order chi connectivity index (χ0) is 12.0. The second-order valence-electron chi connectivity index (χ2n) is 3.76. The molecule has 0 aliphatic heterocycles. The molecule has 0 saturated heterocycles. The molecule has 88 valence electrons. The normalized spacial score (nSPS) is 9.94. The Balaban J connectivity index is 2.64. The number of aromatic nitrogens is 1. The number of hydrogen-bond donors (Lipinski definition) is 1. The molecule has 0 saturated carbocycles. The van der Waals surface area contributed by atoms with Crippen molar-refractivity contribution in [3.63, 3.8) is 0 Å². The molecule has 1 heterocycles. The zero-order valence-electron chi connectivity index (χ0n) is 10.2. The lowest BCUT2D eigenvalue weighted by molar-refractivity contribution is 0.0793. The van der Waals surface area contributed by atoms with Crippen LogP contribution in [0.4, 0.5) is 5.82 Å². The highest BCUT2D eigenvalue weighted by Gasteiger charge is 2.10. The molecule has 0 fully saturated rings. The Bertz CT molecular complexity index is 335. The largest absolute Gasteiger partial charge is 0.373 e. The highest BCUT2D eigenvalue weighted by molar-refractivity contribution is 5.93. The predicted molar refractivity (Wildman–Crippen MR) is 65.7 cm³/mol. The molecule has 4 heteroatoms. The Labute approximate surface area is 96.7 Å². The number of unbranched alkanes of at least 4 members (excludes halogenated alkanes) is 1. The van der Waals surface area contributed by atoms with Crippen LogP contribution in [-0.2, 0) is 0 Å². The SMILES string of the molecule is CCCCN(C)C(=O)c1ccc(NC)nc1. The summed E-state index contributed by atoms with van der Waals surface area (Å²) < 4.78 is 0. The maximum absolute atomic E-state index is 11.9. The topological polar surface area (TPSA) is 45.2 Å². The van der Waals surface area contributed by atoms with Crippen molar-refractivity contribution < 1.29 is 4.79 Å². The van der Waals surface area contributed by atoms with Gasteiger partial charge in [0, 0.05) is 26.8 Å². The Morgan fingerprint density at radius 1 is 1.50 bits per heavy atom. The molecule has 16 heavy (non-hydrogen) atoms. The number of carbonyl (C=O) groups excluding carboxylic acids is 1. The van der Waals surface area contributed by atoms with Gasteiger partial charge in [0.05, 0.1) is 5.56 Å². The molecule has 1 aromatic heterocycles. The Kier molecular flexibility index (Phi) is 4.76. The highest BCUT2D eigenvalue weighted by Crippen LogP contribution is 2.07. The smallest absolute Gasteiger partial charge is 0.255 e. The van der Waals surface area contributed by atoms with E-state index in [-0.39, 0.29) is 5.91 Å². The van der Waals surface area contributed by atoms with Gasteiger partial charge in [-0.2, -0.15) is 0 Å². The van der Waals surface area contributed by atoms with Crippen LogP contribution in [0, 0.1) is 0 Å². The molecule has 0 aliphatic rings. The van der Waals surface area contributed by atoms with E-state index in [1.165, 1.54) is 0 Å². The molecule has 0 unspecified atom stereocenters. The average molecular weight is 221 g/mol. The van der Waals surface area contributed by atoms with Crippen molar-refractivity contribution in [1.82, 2.24) is 9.88 Å². The summed E-state index contributed by atoms with van der Waals surface area (Å²) in [7, 11) is 3.63. The molecule has 0 aliphatic carbocycles. The summed E-state index contributed by atoms with van der Waals surface area (Å²) >= 11 is 0. The molecule has 0 bridgehead atoms. The lowest BCUT2D eigenvalue weighted by atomic mass is 10.2. The molecule has 0 atom stereocenters. The summed E-state index contributed by atoms with van der Waals surface area (Å²) in [5.41, 5.74) is 0.637. The van der Waals surface area contributed by atoms with E-state index in [1.54, 1.807) is 30.3 Å². The highest BCUT2D eigenvalue weighted by atomic mass is 16.2. The van der Waals surface area contributed by atoms with E-state index in [2.05, 4.69) is 17.2 Å². The van der Waals surface area contributed by atoms with E-state index in [1.807, 2.05) is 7.05 Å². The van der Waals surface area contributed by atoms with E-state index in [0.717, 1.165) is 25.2 Å². The van der Waals surface area contributed by atoms with Crippen LogP contribution < -0.4 is 5.32 Å². The Hall–Kier alpha value is -1.58. The van der Waals surface area contributed by atoms with Gasteiger partial charge in [0.1, 0.15) is 5.82 Å². The first kappa shape index (κ1) is 12.5. The molecular formula is C12H19N3O. The minimum atomic E-state index is 0.0311. The number of amides is 1. The fourth-order valence-electron chi connectivity index (χ4n) is 1.39. The quantitative estimate of drug-likeness (QED) is 0.827. The Morgan fingerprint density at radius 3 is 2.75 bits per heavy atom. The van der Waals surface area contributed by atoms with E-state index >= 15 is 0 Å². The van der Waals surface area contributed by atoms with Crippen LogP contribution in [0.5, 0.6) is 0 Å². The summed E-state index contributed by atoms with van der Waals surface area (Å²) in [5, 5.41) is 2.92. The van der Waals surface area contributed by atoms with Gasteiger partial charge in [0.15, 0.2) is 0 Å². The van der Waals surface area contributed by atoms with Crippen molar-refractivity contribution in [2.24, 2.45) is 0 Å². The van der Waals surface area contributed by atoms with Crippen molar-refractivity contribution in [2.75, 3.05) is 26.0 Å². The van der Waals surface area contributed by atoms with E-state index in [9.17, 15) is 4.79 Å². The van der Waals surface area contributed by atoms with Gasteiger partial charge >= 0.3 is 0 Å². The van der Waals surface area contributed by atoms with Gasteiger partial charge in [-0.3, -0.25) is 4.79 Å². The van der Waals surface area contributed by atoms with Crippen molar-refractivity contribution in [2.45, 2.75) is 19.8 Å². The standard InChI is InChI=1S/C12H19N3O/c1-4-5-8-15(3)12(16)10-6-7-11(13-2)14-9-10/h6-7,9H,4-5,8H2,1-3H3,(H,13,14). The first-order valence-electron chi connectivity index (χ1n) is 5.58. The van der Waals surface area contributed by atoms with Gasteiger partial charge < -0.3 is 10.2 Å². The molecule has 1 amide bonds. The van der Waals surface area contributed by atoms with Crippen LogP contribution in [0.2, 0.25) is 0 Å². The lowest BCUT2D eigenvalue weighted by Gasteiger charge is -2.16. The average Bonchev–Trinajstić information content (AvgIpc) is 2.35. The summed E-state index contributed by atoms with van der Waals surface area (Å²) in [5.74, 6) is 0.802. The molecule has 0 spiro atoms. The maximum atomic E-state index is 11.9. The maximum Gasteiger partial charge on any atom is 0.255 e. The minimum absolute atomic E-state index is 0.0311. The molecule has 1 N–H and O–H groups in total. The van der Waals surface area contributed by atoms with Crippen LogP contribution in [-0.4, -0.2) is 36.4 Å². The number of nitrogens with zero attached hydrogens (tertiary/aromatic N) is 2. The zero-order valence-corrected chi connectivity index (χ0v) is 10.2. The second-order valence-corrected chi connectivity index (χ2v) is 3.76. The number of carbonyl (C=O) groups is 1. The van der Waals surface area contributed by atoms with E-state index in [0.29, 0.717) is 5.56 Å². The molecule has 1 rings (SSSR count). The summed E-state index contributed by atoms with van der Waals surface area (Å²) in [6, 6.07) is 3.60. The Morgan fingerprint density at radius 2 is 2.25 bits per heavy atom. The third-order valence-corrected chi connectivity index (χ3v) is 2.46. The van der Waals surface area contributed by atoms with Gasteiger partial charge in [-0.15, -0.1) is 0 Å². The first-order valence-corrected chi connectivity index (χ1v) is 5.58. The number of hydrogen-bond acceptors (Lipinski definition) is 3. The van der Waals surface area contributed by atoms with Crippen LogP contribution in [0.1, 0.15) is 30.1 Å². The predicted octanol–water partition coefficient (Wildman–Crippen LogP) is 2.00. The molecule has 0 aromatic carbocycles. The second kappa shape index (κ2) is 6.10. The van der Waals surface area contributed by atoms with Crippen molar-refractivity contribution in [1.29, 1.82) is 0 Å². The third kappa shape index (κ3) is 3.22. The fourth-order valence-corrected chi connectivity index (χ4v) is 1.39. The van der Waals surface area contributed by atoms with Crippen LogP contribution in [0.25, 0.3) is 0 Å². The summed E-state index contributed by atoms with van der Waals surface area (Å²) in [6.07, 6.45) is 3.73. The summed E-state index contributed by atoms with van der Waals surface area (Å²) in [6.45, 7) is 2.91. The number of pyridine rings is 1. The van der Waals surface area contributed by atoms with Crippen molar-refractivity contribution >= 4 is 11.7 Å². The van der Waals surface area contributed by atoms with Crippen molar-refractivity contribution in [3.05, 3.63) is 23.9 Å². The van der Waals surface area contributed by atoms with Gasteiger partial charge in [-0.25, -0.2) is 4.98 Å². The summed E-state index contributed by atoms with van der Waals surface area (Å²) in [4.78, 5) is 17.8. The molecule has 1 aromatic rings.